The summed E-state index contributed by atoms with van der Waals surface area (Å²) in [6.45, 7) is 12.0. The minimum atomic E-state index is -1.22. The maximum Gasteiger partial charge on any atom is -1.00 e. The standard InChI is InChI=1S/C17H23Si.3ClH.Ti/c1-17(2,14-9-7-6-8-10-14)15-11-12-16(13-15)18(3,4)5;;;;/h6-13H,1-5H3;3*1H;/q;;;;+3/p-3. The van der Waals surface area contributed by atoms with Crippen LogP contribution in [0, 0.1) is 0 Å². The molecule has 0 saturated carbocycles. The topological polar surface area (TPSA) is 0 Å². The molecule has 1 aliphatic rings. The van der Waals surface area contributed by atoms with E-state index >= 15 is 0 Å². The van der Waals surface area contributed by atoms with Gasteiger partial charge in [0, 0.05) is 0 Å². The molecule has 0 nitrogen and oxygen atoms in total. The SMILES string of the molecule is CC(C)(c1ccccc1)[C]1([Ti+3])C=CC([Si](C)(C)C)=C1.[Cl-].[Cl-].[Cl-]. The van der Waals surface area contributed by atoms with E-state index in [1.165, 1.54) is 5.56 Å². The Morgan fingerprint density at radius 1 is 0.955 bits per heavy atom. The molecule has 0 heterocycles. The fraction of sp³-hybridized carbons (Fsp3) is 0.412. The van der Waals surface area contributed by atoms with Gasteiger partial charge in [0.15, 0.2) is 0 Å². The van der Waals surface area contributed by atoms with Crippen LogP contribution in [-0.2, 0) is 25.9 Å². The molecule has 0 spiro atoms. The fourth-order valence-electron chi connectivity index (χ4n) is 2.51. The summed E-state index contributed by atoms with van der Waals surface area (Å²) < 4.78 is 0.115. The average molecular weight is 410 g/mol. The van der Waals surface area contributed by atoms with Gasteiger partial charge in [0.2, 0.25) is 0 Å². The molecule has 1 aromatic carbocycles. The fourth-order valence-corrected chi connectivity index (χ4v) is 4.58. The molecule has 1 aromatic rings. The Balaban J connectivity index is 0. The Labute approximate surface area is 166 Å². The molecule has 2 rings (SSSR count). The van der Waals surface area contributed by atoms with Gasteiger partial charge in [-0.3, -0.25) is 0 Å². The van der Waals surface area contributed by atoms with Crippen molar-refractivity contribution in [2.45, 2.75) is 42.6 Å². The summed E-state index contributed by atoms with van der Waals surface area (Å²) in [7, 11) is -1.22. The Kier molecular flexibility index (Phi) is 9.62. The van der Waals surface area contributed by atoms with Gasteiger partial charge in [-0.15, -0.1) is 0 Å². The summed E-state index contributed by atoms with van der Waals surface area (Å²) in [5.74, 6) is 0. The van der Waals surface area contributed by atoms with Crippen molar-refractivity contribution in [2.75, 3.05) is 0 Å². The van der Waals surface area contributed by atoms with Crippen LogP contribution in [0.5, 0.6) is 0 Å². The first-order valence-corrected chi connectivity index (χ1v) is 11.2. The molecule has 0 bridgehead atoms. The van der Waals surface area contributed by atoms with Crippen molar-refractivity contribution in [3.63, 3.8) is 0 Å². The van der Waals surface area contributed by atoms with Crippen molar-refractivity contribution < 1.29 is 57.7 Å². The average Bonchev–Trinajstić information content (AvgIpc) is 2.75. The number of benzene rings is 1. The zero-order chi connectivity index (χ0) is 14.3. The van der Waals surface area contributed by atoms with E-state index in [-0.39, 0.29) is 46.4 Å². The van der Waals surface area contributed by atoms with Crippen molar-refractivity contribution >= 4 is 8.07 Å². The summed E-state index contributed by atoms with van der Waals surface area (Å²) in [6, 6.07) is 10.9. The number of hydrogen-bond donors (Lipinski definition) is 0. The molecule has 1 atom stereocenters. The van der Waals surface area contributed by atoms with E-state index < -0.39 is 8.07 Å². The van der Waals surface area contributed by atoms with Crippen LogP contribution in [0.25, 0.3) is 0 Å². The number of allylic oxidation sites excluding steroid dienone is 4. The summed E-state index contributed by atoms with van der Waals surface area (Å²) in [6.07, 6.45) is 7.30. The van der Waals surface area contributed by atoms with Gasteiger partial charge in [0.1, 0.15) is 0 Å². The first-order chi connectivity index (χ1) is 8.67. The smallest absolute Gasteiger partial charge is 1.00 e. The molecule has 0 radical (unpaired) electrons. The number of halogens is 3. The number of hydrogen-bond acceptors (Lipinski definition) is 0. The maximum absolute atomic E-state index is 2.52. The van der Waals surface area contributed by atoms with Gasteiger partial charge in [-0.2, -0.15) is 0 Å². The predicted molar refractivity (Wildman–Crippen MR) is 82.7 cm³/mol. The van der Waals surface area contributed by atoms with Crippen LogP contribution in [0.15, 0.2) is 53.8 Å². The van der Waals surface area contributed by atoms with Crippen molar-refractivity contribution in [3.8, 4) is 0 Å². The van der Waals surface area contributed by atoms with Crippen LogP contribution in [-0.4, -0.2) is 8.07 Å². The van der Waals surface area contributed by atoms with Gasteiger partial charge < -0.3 is 37.2 Å². The third-order valence-electron chi connectivity index (χ3n) is 4.30. The van der Waals surface area contributed by atoms with Crippen LogP contribution < -0.4 is 37.2 Å². The van der Waals surface area contributed by atoms with Gasteiger partial charge in [0.05, 0.1) is 0 Å². The van der Waals surface area contributed by atoms with Crippen molar-refractivity contribution in [3.05, 3.63) is 59.3 Å². The van der Waals surface area contributed by atoms with Crippen LogP contribution in [0.1, 0.15) is 19.4 Å². The molecule has 0 fully saturated rings. The summed E-state index contributed by atoms with van der Waals surface area (Å²) in [4.78, 5) is 0. The van der Waals surface area contributed by atoms with E-state index in [0.29, 0.717) is 0 Å². The first kappa shape index (κ1) is 24.7. The molecular weight excluding hydrogens is 386 g/mol. The van der Waals surface area contributed by atoms with Gasteiger partial charge in [-0.25, -0.2) is 0 Å². The van der Waals surface area contributed by atoms with E-state index in [2.05, 4.69) is 102 Å². The predicted octanol–water partition coefficient (Wildman–Crippen LogP) is -3.94. The molecule has 1 unspecified atom stereocenters. The summed E-state index contributed by atoms with van der Waals surface area (Å²) in [5, 5.41) is 1.58. The third-order valence-corrected chi connectivity index (χ3v) is 7.81. The monoisotopic (exact) mass is 408 g/mol. The molecular formula is C17H23Cl3SiTi. The van der Waals surface area contributed by atoms with Gasteiger partial charge in [0.25, 0.3) is 0 Å². The maximum atomic E-state index is 2.52. The van der Waals surface area contributed by atoms with E-state index in [0.717, 1.165) is 0 Å². The molecule has 0 aromatic heterocycles. The third kappa shape index (κ3) is 4.75. The normalized spacial score (nSPS) is 20.4. The largest absolute Gasteiger partial charge is 1.00 e. The minimum absolute atomic E-state index is 0. The van der Waals surface area contributed by atoms with Crippen LogP contribution in [0.3, 0.4) is 0 Å². The second-order valence-corrected chi connectivity index (χ2v) is 13.4. The van der Waals surface area contributed by atoms with Gasteiger partial charge in [-0.1, -0.05) is 0 Å². The zero-order valence-electron chi connectivity index (χ0n) is 13.8. The van der Waals surface area contributed by atoms with E-state index in [9.17, 15) is 0 Å². The van der Waals surface area contributed by atoms with Crippen LogP contribution >= 0.6 is 0 Å². The Hall–Kier alpha value is 0.501. The molecule has 22 heavy (non-hydrogen) atoms. The zero-order valence-corrected chi connectivity index (χ0v) is 18.6. The van der Waals surface area contributed by atoms with Crippen LogP contribution in [0.4, 0.5) is 0 Å². The van der Waals surface area contributed by atoms with E-state index in [4.69, 9.17) is 0 Å². The quantitative estimate of drug-likeness (QED) is 0.447. The van der Waals surface area contributed by atoms with E-state index in [1.807, 2.05) is 0 Å². The molecule has 1 aliphatic carbocycles. The minimum Gasteiger partial charge on any atom is -1.00 e. The summed E-state index contributed by atoms with van der Waals surface area (Å²) in [5.41, 5.74) is 1.53. The van der Waals surface area contributed by atoms with Crippen molar-refractivity contribution in [1.82, 2.24) is 0 Å². The summed E-state index contributed by atoms with van der Waals surface area (Å²) >= 11 is 2.36. The Morgan fingerprint density at radius 2 is 1.45 bits per heavy atom. The molecule has 5 heteroatoms. The molecule has 0 N–H and O–H groups in total. The second-order valence-electron chi connectivity index (χ2n) is 7.04. The van der Waals surface area contributed by atoms with Gasteiger partial charge in [-0.05, 0) is 0 Å². The van der Waals surface area contributed by atoms with E-state index in [1.54, 1.807) is 5.20 Å². The Morgan fingerprint density at radius 3 is 1.86 bits per heavy atom. The van der Waals surface area contributed by atoms with Crippen molar-refractivity contribution in [2.24, 2.45) is 0 Å². The second kappa shape index (κ2) is 8.56. The van der Waals surface area contributed by atoms with Gasteiger partial charge >= 0.3 is 130 Å². The number of rotatable bonds is 3. The Bertz CT molecular complexity index is 533. The molecule has 0 aliphatic heterocycles. The van der Waals surface area contributed by atoms with Crippen molar-refractivity contribution in [1.29, 1.82) is 0 Å². The van der Waals surface area contributed by atoms with Crippen LogP contribution in [0.2, 0.25) is 23.4 Å². The molecule has 0 saturated heterocycles. The first-order valence-electron chi connectivity index (χ1n) is 6.90. The molecule has 0 amide bonds. The molecule has 120 valence electrons.